The van der Waals surface area contributed by atoms with Crippen molar-refractivity contribution >= 4 is 22.0 Å². The van der Waals surface area contributed by atoms with Gasteiger partial charge in [0.2, 0.25) is 5.91 Å². The van der Waals surface area contributed by atoms with Gasteiger partial charge in [0.25, 0.3) is 10.0 Å². The first-order chi connectivity index (χ1) is 17.1. The summed E-state index contributed by atoms with van der Waals surface area (Å²) in [7, 11) is -3.76. The van der Waals surface area contributed by atoms with Crippen LogP contribution in [0.1, 0.15) is 56.2 Å². The van der Waals surface area contributed by atoms with Crippen LogP contribution in [0.3, 0.4) is 0 Å². The Kier molecular flexibility index (Phi) is 6.80. The lowest BCUT2D eigenvalue weighted by Crippen LogP contribution is -2.59. The van der Waals surface area contributed by atoms with Gasteiger partial charge in [-0.25, -0.2) is 22.0 Å². The number of ether oxygens (including phenoxy) is 1. The van der Waals surface area contributed by atoms with Gasteiger partial charge in [-0.15, -0.1) is 0 Å². The van der Waals surface area contributed by atoms with Crippen molar-refractivity contribution in [2.75, 3.05) is 12.9 Å². The van der Waals surface area contributed by atoms with Gasteiger partial charge >= 0.3 is 6.09 Å². The molecule has 202 valence electrons. The van der Waals surface area contributed by atoms with Gasteiger partial charge in [0.05, 0.1) is 30.8 Å². The Labute approximate surface area is 212 Å². The molecule has 14 heteroatoms. The SMILES string of the molecule is CC(C)(C)N(C(=O)O)[C@H]1C[C@@H](N2Cc3c(cnn3S(C)(=O)=O)C2C(N)=O)CO[C@@H]1c1cc(F)ccc1F. The molecular weight excluding hydrogens is 512 g/mol. The van der Waals surface area contributed by atoms with Gasteiger partial charge in [0, 0.05) is 29.3 Å². The average Bonchev–Trinajstić information content (AvgIpc) is 3.33. The minimum atomic E-state index is -3.76. The molecule has 3 N–H and O–H groups in total. The average molecular weight is 542 g/mol. The van der Waals surface area contributed by atoms with E-state index in [1.807, 2.05) is 0 Å². The van der Waals surface area contributed by atoms with E-state index in [2.05, 4.69) is 5.10 Å². The number of carbonyl (C=O) groups is 2. The summed E-state index contributed by atoms with van der Waals surface area (Å²) in [6.07, 6.45) is -0.0896. The fourth-order valence-electron chi connectivity index (χ4n) is 5.36. The lowest BCUT2D eigenvalue weighted by molar-refractivity contribution is -0.131. The fourth-order valence-corrected chi connectivity index (χ4v) is 6.14. The van der Waals surface area contributed by atoms with Crippen molar-refractivity contribution in [1.29, 1.82) is 0 Å². The molecule has 1 unspecified atom stereocenters. The Bertz CT molecular complexity index is 1340. The maximum absolute atomic E-state index is 14.8. The Morgan fingerprint density at radius 1 is 1.24 bits per heavy atom. The molecule has 3 heterocycles. The minimum Gasteiger partial charge on any atom is -0.465 e. The molecule has 2 aromatic rings. The number of amides is 2. The number of carboxylic acid groups (broad SMARTS) is 1. The lowest BCUT2D eigenvalue weighted by Gasteiger charge is -2.48. The molecule has 0 saturated carbocycles. The highest BCUT2D eigenvalue weighted by molar-refractivity contribution is 7.89. The van der Waals surface area contributed by atoms with Crippen molar-refractivity contribution in [2.45, 2.75) is 63.5 Å². The van der Waals surface area contributed by atoms with Gasteiger partial charge in [-0.05, 0) is 45.4 Å². The van der Waals surface area contributed by atoms with Crippen LogP contribution in [-0.4, -0.2) is 75.0 Å². The van der Waals surface area contributed by atoms with Crippen LogP contribution in [0.2, 0.25) is 0 Å². The van der Waals surface area contributed by atoms with Crippen LogP contribution < -0.4 is 5.73 Å². The summed E-state index contributed by atoms with van der Waals surface area (Å²) in [5.74, 6) is -2.19. The molecule has 1 fully saturated rings. The first-order valence-corrected chi connectivity index (χ1v) is 13.4. The lowest BCUT2D eigenvalue weighted by atomic mass is 9.88. The minimum absolute atomic E-state index is 0.0155. The molecule has 0 aliphatic carbocycles. The molecule has 4 atom stereocenters. The van der Waals surface area contributed by atoms with Gasteiger partial charge in [-0.3, -0.25) is 14.6 Å². The maximum Gasteiger partial charge on any atom is 0.408 e. The number of rotatable bonds is 5. The zero-order valence-electron chi connectivity index (χ0n) is 20.8. The largest absolute Gasteiger partial charge is 0.465 e. The van der Waals surface area contributed by atoms with Gasteiger partial charge in [0.15, 0.2) is 0 Å². The summed E-state index contributed by atoms with van der Waals surface area (Å²) in [5.41, 5.74) is 5.22. The third-order valence-corrected chi connectivity index (χ3v) is 7.68. The van der Waals surface area contributed by atoms with E-state index in [-0.39, 0.29) is 30.8 Å². The highest BCUT2D eigenvalue weighted by Gasteiger charge is 2.49. The summed E-state index contributed by atoms with van der Waals surface area (Å²) >= 11 is 0. The van der Waals surface area contributed by atoms with Crippen LogP contribution in [0, 0.1) is 11.6 Å². The van der Waals surface area contributed by atoms with Crippen molar-refractivity contribution in [2.24, 2.45) is 5.73 Å². The Morgan fingerprint density at radius 3 is 2.49 bits per heavy atom. The summed E-state index contributed by atoms with van der Waals surface area (Å²) in [5, 5.41) is 14.0. The molecule has 37 heavy (non-hydrogen) atoms. The van der Waals surface area contributed by atoms with Gasteiger partial charge in [-0.2, -0.15) is 9.19 Å². The fraction of sp³-hybridized carbons (Fsp3) is 0.522. The van der Waals surface area contributed by atoms with E-state index in [1.165, 1.54) is 6.20 Å². The van der Waals surface area contributed by atoms with Gasteiger partial charge in [0.1, 0.15) is 23.8 Å². The van der Waals surface area contributed by atoms with Crippen molar-refractivity contribution < 1.29 is 36.6 Å². The number of nitrogens with zero attached hydrogens (tertiary/aromatic N) is 4. The number of nitrogens with two attached hydrogens (primary N) is 1. The van der Waals surface area contributed by atoms with E-state index in [0.717, 1.165) is 33.4 Å². The summed E-state index contributed by atoms with van der Waals surface area (Å²) in [6, 6.07) is 0.277. The van der Waals surface area contributed by atoms with Crippen LogP contribution >= 0.6 is 0 Å². The molecule has 1 saturated heterocycles. The predicted molar refractivity (Wildman–Crippen MR) is 127 cm³/mol. The van der Waals surface area contributed by atoms with Crippen molar-refractivity contribution in [3.63, 3.8) is 0 Å². The monoisotopic (exact) mass is 541 g/mol. The smallest absolute Gasteiger partial charge is 0.408 e. The topological polar surface area (TPSA) is 148 Å². The van der Waals surface area contributed by atoms with E-state index in [0.29, 0.717) is 5.56 Å². The Hall–Kier alpha value is -3.10. The molecule has 11 nitrogen and oxygen atoms in total. The Morgan fingerprint density at radius 2 is 1.92 bits per heavy atom. The first kappa shape index (κ1) is 26.9. The number of benzene rings is 1. The predicted octanol–water partition coefficient (Wildman–Crippen LogP) is 1.99. The molecule has 0 bridgehead atoms. The number of fused-ring (bicyclic) bond motifs is 1. The molecule has 1 aromatic heterocycles. The number of primary amides is 1. The molecule has 0 radical (unpaired) electrons. The highest BCUT2D eigenvalue weighted by Crippen LogP contribution is 2.42. The van der Waals surface area contributed by atoms with Crippen LogP contribution in [-0.2, 0) is 26.1 Å². The van der Waals surface area contributed by atoms with E-state index in [9.17, 15) is 31.9 Å². The van der Waals surface area contributed by atoms with E-state index < -0.39 is 63.4 Å². The van der Waals surface area contributed by atoms with E-state index in [1.54, 1.807) is 25.7 Å². The van der Waals surface area contributed by atoms with Crippen LogP contribution in [0.5, 0.6) is 0 Å². The zero-order valence-corrected chi connectivity index (χ0v) is 21.6. The van der Waals surface area contributed by atoms with Crippen LogP contribution in [0.15, 0.2) is 24.4 Å². The third-order valence-electron chi connectivity index (χ3n) is 6.73. The first-order valence-electron chi connectivity index (χ1n) is 11.5. The number of hydrogen-bond donors (Lipinski definition) is 2. The molecule has 2 aliphatic heterocycles. The third kappa shape index (κ3) is 4.92. The zero-order chi connectivity index (χ0) is 27.4. The molecule has 1 aromatic carbocycles. The second-order valence-electron chi connectivity index (χ2n) is 10.3. The normalized spacial score (nSPS) is 24.6. The van der Waals surface area contributed by atoms with Crippen molar-refractivity contribution in [1.82, 2.24) is 19.0 Å². The molecule has 0 spiro atoms. The summed E-state index contributed by atoms with van der Waals surface area (Å²) in [6.45, 7) is 4.92. The second kappa shape index (κ2) is 9.33. The van der Waals surface area contributed by atoms with E-state index in [4.69, 9.17) is 10.5 Å². The molecule has 2 aliphatic rings. The van der Waals surface area contributed by atoms with Crippen LogP contribution in [0.25, 0.3) is 0 Å². The second-order valence-corrected chi connectivity index (χ2v) is 12.1. The summed E-state index contributed by atoms with van der Waals surface area (Å²) in [4.78, 5) is 27.7. The van der Waals surface area contributed by atoms with Crippen LogP contribution in [0.4, 0.5) is 13.6 Å². The maximum atomic E-state index is 14.8. The van der Waals surface area contributed by atoms with E-state index >= 15 is 0 Å². The highest BCUT2D eigenvalue weighted by atomic mass is 32.2. The number of hydrogen-bond acceptors (Lipinski definition) is 7. The van der Waals surface area contributed by atoms with Gasteiger partial charge in [-0.1, -0.05) is 0 Å². The molecular formula is C23H29F2N5O6S. The number of halogens is 2. The van der Waals surface area contributed by atoms with Crippen molar-refractivity contribution in [3.8, 4) is 0 Å². The number of aromatic nitrogens is 2. The van der Waals surface area contributed by atoms with Crippen molar-refractivity contribution in [3.05, 3.63) is 52.9 Å². The molecule has 2 amide bonds. The molecule has 4 rings (SSSR count). The summed E-state index contributed by atoms with van der Waals surface area (Å²) < 4.78 is 60.1. The standard InChI is InChI=1S/C23H29F2N5O6S/c1-23(2,3)29(22(32)33)17-8-13(11-36-20(17)14-7-12(24)5-6-16(14)25)28-10-18-15(19(28)21(26)31)9-27-30(18)37(4,34)35/h5-7,9,13,17,19-20H,8,10-11H2,1-4H3,(H2,26,31)(H,32,33)/t13-,17+,19?,20-/m1/s1. The quantitative estimate of drug-likeness (QED) is 0.584. The van der Waals surface area contributed by atoms with Gasteiger partial charge < -0.3 is 15.6 Å². The Balaban J connectivity index is 1.75. The number of carbonyl (C=O) groups excluding carboxylic acids is 1.